The van der Waals surface area contributed by atoms with E-state index in [1.165, 1.54) is 75.5 Å². The predicted octanol–water partition coefficient (Wildman–Crippen LogP) is 12.8. The quantitative estimate of drug-likeness (QED) is 0.116. The van der Waals surface area contributed by atoms with E-state index in [4.69, 9.17) is 4.42 Å². The van der Waals surface area contributed by atoms with Crippen LogP contribution in [0.4, 0.5) is 0 Å². The minimum atomic E-state index is -2.75. The van der Waals surface area contributed by atoms with Crippen LogP contribution < -0.4 is 20.7 Å². The van der Waals surface area contributed by atoms with Gasteiger partial charge in [-0.25, -0.2) is 0 Å². The molecule has 3 nitrogen and oxygen atoms in total. The first-order valence-corrected chi connectivity index (χ1v) is 24.0. The summed E-state index contributed by atoms with van der Waals surface area (Å²) in [5.41, 5.74) is 11.2. The Labute approximate surface area is 371 Å². The van der Waals surface area contributed by atoms with Crippen LogP contribution >= 0.6 is 0 Å². The monoisotopic (exact) mass is 832 g/mol. The zero-order valence-corrected chi connectivity index (χ0v) is 35.9. The second-order valence-corrected chi connectivity index (χ2v) is 20.6. The summed E-state index contributed by atoms with van der Waals surface area (Å²) in [6.45, 7) is 0. The third-order valence-corrected chi connectivity index (χ3v) is 18.2. The Bertz CT molecular complexity index is 3800. The van der Waals surface area contributed by atoms with E-state index in [-0.39, 0.29) is 0 Å². The third kappa shape index (κ3) is 5.33. The molecule has 0 bridgehead atoms. The maximum atomic E-state index is 6.38. The van der Waals surface area contributed by atoms with Crippen LogP contribution in [0.5, 0.6) is 0 Å². The molecule has 0 amide bonds. The van der Waals surface area contributed by atoms with Gasteiger partial charge in [-0.05, 0) is 92.5 Å². The average Bonchev–Trinajstić information content (AvgIpc) is 4.03. The van der Waals surface area contributed by atoms with Crippen molar-refractivity contribution in [3.8, 4) is 22.5 Å². The molecule has 0 aliphatic carbocycles. The molecule has 4 heteroatoms. The highest BCUT2D eigenvalue weighted by Gasteiger charge is 2.41. The minimum absolute atomic E-state index is 0.903. The first-order chi connectivity index (χ1) is 31.8. The average molecular weight is 833 g/mol. The summed E-state index contributed by atoms with van der Waals surface area (Å²) in [6, 6.07) is 89.2. The summed E-state index contributed by atoms with van der Waals surface area (Å²) in [5, 5.41) is 12.6. The van der Waals surface area contributed by atoms with Crippen molar-refractivity contribution in [2.45, 2.75) is 0 Å². The lowest BCUT2D eigenvalue weighted by Gasteiger charge is -2.34. The Kier molecular flexibility index (Phi) is 8.23. The molecule has 0 fully saturated rings. The van der Waals surface area contributed by atoms with E-state index < -0.39 is 8.07 Å². The van der Waals surface area contributed by atoms with Crippen LogP contribution in [0.15, 0.2) is 247 Å². The molecule has 64 heavy (non-hydrogen) atoms. The summed E-state index contributed by atoms with van der Waals surface area (Å²) >= 11 is 0. The van der Waals surface area contributed by atoms with Crippen molar-refractivity contribution >= 4 is 94.4 Å². The molecule has 0 aliphatic heterocycles. The van der Waals surface area contributed by atoms with Crippen LogP contribution in [0.25, 0.3) is 88.1 Å². The number of hydrogen-bond donors (Lipinski definition) is 0. The van der Waals surface area contributed by atoms with Gasteiger partial charge in [0.25, 0.3) is 0 Å². The first-order valence-electron chi connectivity index (χ1n) is 22.0. The standard InChI is InChI=1S/C60H40N2OSi/c1-4-20-43(21-5-1)64(44-22-6-2-7-23-44,45-24-8-3-9-25-45)46-26-16-19-41(39-46)61-53-32-13-10-27-47(53)52-40-42(37-38-55(52)61)62-54-33-14-11-28-50(54)59-48(30-17-34-56(59)62)49-31-18-36-58-60(49)51-29-12-15-35-57(51)63-58/h1-40H. The van der Waals surface area contributed by atoms with Gasteiger partial charge in [-0.3, -0.25) is 0 Å². The fraction of sp³-hybridized carbons (Fsp3) is 0. The van der Waals surface area contributed by atoms with Crippen molar-refractivity contribution in [1.29, 1.82) is 0 Å². The van der Waals surface area contributed by atoms with Gasteiger partial charge in [0.05, 0.1) is 22.1 Å². The molecule has 0 spiro atoms. The Morgan fingerprint density at radius 3 is 1.45 bits per heavy atom. The molecular formula is C60H40N2OSi. The molecule has 0 radical (unpaired) electrons. The molecule has 3 heterocycles. The third-order valence-electron chi connectivity index (χ3n) is 13.5. The molecule has 0 saturated carbocycles. The van der Waals surface area contributed by atoms with Gasteiger partial charge in [0.1, 0.15) is 11.2 Å². The maximum Gasteiger partial charge on any atom is 0.179 e. The molecule has 13 aromatic rings. The van der Waals surface area contributed by atoms with E-state index in [0.717, 1.165) is 33.3 Å². The molecular weight excluding hydrogens is 793 g/mol. The van der Waals surface area contributed by atoms with E-state index in [1.54, 1.807) is 0 Å². The van der Waals surface area contributed by atoms with Crippen LogP contribution in [0.1, 0.15) is 0 Å². The van der Waals surface area contributed by atoms with Crippen molar-refractivity contribution in [1.82, 2.24) is 9.13 Å². The normalized spacial score (nSPS) is 12.1. The number of aromatic nitrogens is 2. The van der Waals surface area contributed by atoms with Crippen LogP contribution in [0, 0.1) is 0 Å². The van der Waals surface area contributed by atoms with E-state index in [2.05, 4.69) is 246 Å². The van der Waals surface area contributed by atoms with Crippen LogP contribution in [-0.4, -0.2) is 17.2 Å². The highest BCUT2D eigenvalue weighted by Crippen LogP contribution is 2.44. The van der Waals surface area contributed by atoms with Gasteiger partial charge >= 0.3 is 0 Å². The summed E-state index contributed by atoms with van der Waals surface area (Å²) in [5.74, 6) is 0. The van der Waals surface area contributed by atoms with Gasteiger partial charge in [-0.15, -0.1) is 0 Å². The number of nitrogens with zero attached hydrogens (tertiary/aromatic N) is 2. The number of hydrogen-bond acceptors (Lipinski definition) is 1. The number of para-hydroxylation sites is 3. The molecule has 0 saturated heterocycles. The Hall–Kier alpha value is -8.18. The fourth-order valence-corrected chi connectivity index (χ4v) is 15.6. The van der Waals surface area contributed by atoms with E-state index in [0.29, 0.717) is 0 Å². The van der Waals surface area contributed by atoms with Crippen molar-refractivity contribution in [2.75, 3.05) is 0 Å². The van der Waals surface area contributed by atoms with Gasteiger partial charge in [0.15, 0.2) is 8.07 Å². The van der Waals surface area contributed by atoms with Gasteiger partial charge in [0, 0.05) is 43.7 Å². The van der Waals surface area contributed by atoms with Crippen LogP contribution in [0.2, 0.25) is 0 Å². The fourth-order valence-electron chi connectivity index (χ4n) is 10.8. The highest BCUT2D eigenvalue weighted by molar-refractivity contribution is 7.19. The van der Waals surface area contributed by atoms with Gasteiger partial charge in [0.2, 0.25) is 0 Å². The van der Waals surface area contributed by atoms with Gasteiger partial charge < -0.3 is 13.6 Å². The lowest BCUT2D eigenvalue weighted by molar-refractivity contribution is 0.669. The zero-order chi connectivity index (χ0) is 42.2. The van der Waals surface area contributed by atoms with Crippen molar-refractivity contribution in [3.63, 3.8) is 0 Å². The number of benzene rings is 10. The van der Waals surface area contributed by atoms with E-state index in [9.17, 15) is 0 Å². The maximum absolute atomic E-state index is 6.38. The van der Waals surface area contributed by atoms with Crippen molar-refractivity contribution in [3.05, 3.63) is 243 Å². The van der Waals surface area contributed by atoms with Gasteiger partial charge in [-0.1, -0.05) is 182 Å². The van der Waals surface area contributed by atoms with E-state index in [1.807, 2.05) is 6.07 Å². The summed E-state index contributed by atoms with van der Waals surface area (Å²) in [6.07, 6.45) is 0. The molecule has 0 aliphatic rings. The Morgan fingerprint density at radius 1 is 0.281 bits per heavy atom. The molecule has 0 atom stereocenters. The smallest absolute Gasteiger partial charge is 0.179 e. The molecule has 0 N–H and O–H groups in total. The molecule has 300 valence electrons. The summed E-state index contributed by atoms with van der Waals surface area (Å²) in [7, 11) is -2.75. The predicted molar refractivity (Wildman–Crippen MR) is 271 cm³/mol. The van der Waals surface area contributed by atoms with Crippen LogP contribution in [-0.2, 0) is 0 Å². The minimum Gasteiger partial charge on any atom is -0.456 e. The van der Waals surface area contributed by atoms with Crippen LogP contribution in [0.3, 0.4) is 0 Å². The lowest BCUT2D eigenvalue weighted by Crippen LogP contribution is -2.74. The summed E-state index contributed by atoms with van der Waals surface area (Å²) < 4.78 is 11.3. The molecule has 3 aromatic heterocycles. The first kappa shape index (κ1) is 36.5. The molecule has 13 rings (SSSR count). The lowest BCUT2D eigenvalue weighted by atomic mass is 9.95. The second kappa shape index (κ2) is 14.5. The topological polar surface area (TPSA) is 23.0 Å². The molecule has 0 unspecified atom stereocenters. The number of furan rings is 1. The number of rotatable bonds is 7. The zero-order valence-electron chi connectivity index (χ0n) is 34.9. The number of fused-ring (bicyclic) bond motifs is 9. The second-order valence-electron chi connectivity index (χ2n) is 16.8. The van der Waals surface area contributed by atoms with Crippen molar-refractivity contribution in [2.24, 2.45) is 0 Å². The Morgan fingerprint density at radius 2 is 0.750 bits per heavy atom. The van der Waals surface area contributed by atoms with E-state index >= 15 is 0 Å². The SMILES string of the molecule is c1ccc([Si](c2ccccc2)(c2ccccc2)c2cccc(-n3c4ccccc4c4cc(-n5c6ccccc6c6c(-c7cccc8oc9ccccc9c78)cccc65)ccc43)c2)cc1. The Balaban J connectivity index is 1.03. The van der Waals surface area contributed by atoms with Crippen molar-refractivity contribution < 1.29 is 4.42 Å². The summed E-state index contributed by atoms with van der Waals surface area (Å²) in [4.78, 5) is 0. The molecule has 10 aromatic carbocycles. The largest absolute Gasteiger partial charge is 0.456 e. The van der Waals surface area contributed by atoms with Gasteiger partial charge in [-0.2, -0.15) is 0 Å². The highest BCUT2D eigenvalue weighted by atomic mass is 28.3.